The molecule has 0 aliphatic carbocycles. The first-order chi connectivity index (χ1) is 7.83. The van der Waals surface area contributed by atoms with E-state index in [-0.39, 0.29) is 6.61 Å². The van der Waals surface area contributed by atoms with Crippen LogP contribution >= 0.6 is 15.9 Å². The average Bonchev–Trinajstić information content (AvgIpc) is 2.28. The maximum atomic E-state index is 7.57. The normalized spacial score (nSPS) is 9.75. The van der Waals surface area contributed by atoms with E-state index in [1.54, 1.807) is 6.92 Å². The highest BCUT2D eigenvalue weighted by Gasteiger charge is 1.91. The number of halogens is 1. The molecule has 16 heavy (non-hydrogen) atoms. The smallest absolute Gasteiger partial charge is 0.0402 e. The first kappa shape index (κ1) is 18.8. The Balaban J connectivity index is 0. The zero-order valence-electron chi connectivity index (χ0n) is 11.3. The molecule has 0 spiro atoms. The van der Waals surface area contributed by atoms with Gasteiger partial charge in [0.2, 0.25) is 0 Å². The molecule has 0 aromatic carbocycles. The largest absolute Gasteiger partial charge is 0.397 e. The molecule has 0 aromatic rings. The molecule has 1 N–H and O–H groups in total. The minimum absolute atomic E-state index is 0.250. The van der Waals surface area contributed by atoms with Gasteiger partial charge in [-0.2, -0.15) is 0 Å². The summed E-state index contributed by atoms with van der Waals surface area (Å²) >= 11 is 3.46. The van der Waals surface area contributed by atoms with Crippen molar-refractivity contribution >= 4 is 15.9 Å². The summed E-state index contributed by atoms with van der Waals surface area (Å²) in [5.74, 6) is 0. The topological polar surface area (TPSA) is 20.2 Å². The molecule has 0 rings (SSSR count). The lowest BCUT2D eigenvalue weighted by molar-refractivity contribution is 0.318. The van der Waals surface area contributed by atoms with E-state index in [9.17, 15) is 0 Å². The molecule has 0 amide bonds. The van der Waals surface area contributed by atoms with Crippen LogP contribution in [0.3, 0.4) is 0 Å². The number of alkyl halides is 1. The maximum absolute atomic E-state index is 7.57. The molecule has 0 radical (unpaired) electrons. The molecule has 0 aliphatic heterocycles. The van der Waals surface area contributed by atoms with Crippen molar-refractivity contribution < 1.29 is 5.11 Å². The minimum atomic E-state index is 0.250. The second-order valence-corrected chi connectivity index (χ2v) is 4.98. The Labute approximate surface area is 111 Å². The maximum Gasteiger partial charge on any atom is 0.0402 e. The molecular formula is C14H31BrO. The number of hydrogen-bond acceptors (Lipinski definition) is 1. The predicted octanol–water partition coefficient (Wildman–Crippen LogP) is 5.30. The summed E-state index contributed by atoms with van der Waals surface area (Å²) in [5, 5.41) is 8.75. The van der Waals surface area contributed by atoms with Gasteiger partial charge in [-0.3, -0.25) is 0 Å². The van der Waals surface area contributed by atoms with E-state index in [4.69, 9.17) is 5.11 Å². The van der Waals surface area contributed by atoms with Crippen molar-refractivity contribution in [2.24, 2.45) is 0 Å². The van der Waals surface area contributed by atoms with Crippen LogP contribution in [0.2, 0.25) is 0 Å². The monoisotopic (exact) mass is 294 g/mol. The van der Waals surface area contributed by atoms with Crippen molar-refractivity contribution in [2.75, 3.05) is 11.9 Å². The van der Waals surface area contributed by atoms with Crippen LogP contribution in [-0.2, 0) is 0 Å². The zero-order chi connectivity index (χ0) is 12.5. The fraction of sp³-hybridized carbons (Fsp3) is 1.00. The zero-order valence-corrected chi connectivity index (χ0v) is 12.9. The molecule has 0 aliphatic rings. The second kappa shape index (κ2) is 20.8. The number of aliphatic hydroxyl groups is 1. The third-order valence-electron chi connectivity index (χ3n) is 2.49. The third-order valence-corrected chi connectivity index (χ3v) is 3.05. The minimum Gasteiger partial charge on any atom is -0.397 e. The van der Waals surface area contributed by atoms with Crippen molar-refractivity contribution in [3.63, 3.8) is 0 Å². The quantitative estimate of drug-likeness (QED) is 0.428. The van der Waals surface area contributed by atoms with Crippen LogP contribution in [0.25, 0.3) is 0 Å². The SMILES string of the molecule is CCCCCCCCCCCCBr.CCO. The molecular weight excluding hydrogens is 264 g/mol. The lowest BCUT2D eigenvalue weighted by Crippen LogP contribution is -1.81. The highest BCUT2D eigenvalue weighted by atomic mass is 79.9. The standard InChI is InChI=1S/C12H25Br.C2H6O/c1-2-3-4-5-6-7-8-9-10-11-12-13;1-2-3/h2-12H2,1H3;3H,2H2,1H3. The van der Waals surface area contributed by atoms with Gasteiger partial charge in [0.1, 0.15) is 0 Å². The molecule has 0 fully saturated rings. The Morgan fingerprint density at radius 1 is 0.688 bits per heavy atom. The van der Waals surface area contributed by atoms with Gasteiger partial charge < -0.3 is 5.11 Å². The molecule has 0 unspecified atom stereocenters. The van der Waals surface area contributed by atoms with Gasteiger partial charge in [0.05, 0.1) is 0 Å². The Morgan fingerprint density at radius 3 is 1.31 bits per heavy atom. The summed E-state index contributed by atoms with van der Waals surface area (Å²) in [6, 6.07) is 0. The van der Waals surface area contributed by atoms with Gasteiger partial charge in [-0.15, -0.1) is 0 Å². The summed E-state index contributed by atoms with van der Waals surface area (Å²) < 4.78 is 0. The van der Waals surface area contributed by atoms with Crippen molar-refractivity contribution in [1.82, 2.24) is 0 Å². The van der Waals surface area contributed by atoms with Gasteiger partial charge in [0, 0.05) is 11.9 Å². The van der Waals surface area contributed by atoms with E-state index in [2.05, 4.69) is 22.9 Å². The van der Waals surface area contributed by atoms with Crippen LogP contribution in [0, 0.1) is 0 Å². The Bertz CT molecular complexity index is 86.7. The third kappa shape index (κ3) is 23.9. The number of unbranched alkanes of at least 4 members (excludes halogenated alkanes) is 9. The molecule has 0 aromatic heterocycles. The van der Waals surface area contributed by atoms with Crippen molar-refractivity contribution in [3.05, 3.63) is 0 Å². The molecule has 0 saturated heterocycles. The number of rotatable bonds is 10. The van der Waals surface area contributed by atoms with E-state index >= 15 is 0 Å². The van der Waals surface area contributed by atoms with Gasteiger partial charge in [-0.05, 0) is 13.3 Å². The van der Waals surface area contributed by atoms with Crippen LogP contribution in [0.1, 0.15) is 78.1 Å². The second-order valence-electron chi connectivity index (χ2n) is 4.19. The number of hydrogen-bond donors (Lipinski definition) is 1. The van der Waals surface area contributed by atoms with Crippen LogP contribution in [-0.4, -0.2) is 17.0 Å². The van der Waals surface area contributed by atoms with Gasteiger partial charge in [0.15, 0.2) is 0 Å². The Morgan fingerprint density at radius 2 is 1.00 bits per heavy atom. The summed E-state index contributed by atoms with van der Waals surface area (Å²) in [6.45, 7) is 4.21. The molecule has 2 heteroatoms. The lowest BCUT2D eigenvalue weighted by Gasteiger charge is -2.00. The average molecular weight is 295 g/mol. The van der Waals surface area contributed by atoms with Crippen LogP contribution in [0.15, 0.2) is 0 Å². The summed E-state index contributed by atoms with van der Waals surface area (Å²) in [5.41, 5.74) is 0. The van der Waals surface area contributed by atoms with Gasteiger partial charge in [0.25, 0.3) is 0 Å². The summed E-state index contributed by atoms with van der Waals surface area (Å²) in [4.78, 5) is 0. The Kier molecular flexibility index (Phi) is 24.4. The fourth-order valence-electron chi connectivity index (χ4n) is 1.58. The molecule has 100 valence electrons. The first-order valence-corrected chi connectivity index (χ1v) is 8.12. The highest BCUT2D eigenvalue weighted by Crippen LogP contribution is 2.10. The number of aliphatic hydroxyl groups excluding tert-OH is 1. The van der Waals surface area contributed by atoms with Crippen molar-refractivity contribution in [3.8, 4) is 0 Å². The highest BCUT2D eigenvalue weighted by molar-refractivity contribution is 9.09. The van der Waals surface area contributed by atoms with Crippen LogP contribution in [0.5, 0.6) is 0 Å². The molecule has 0 heterocycles. The van der Waals surface area contributed by atoms with Crippen LogP contribution < -0.4 is 0 Å². The molecule has 1 nitrogen and oxygen atoms in total. The molecule has 0 bridgehead atoms. The Hall–Kier alpha value is 0.440. The van der Waals surface area contributed by atoms with E-state index < -0.39 is 0 Å². The van der Waals surface area contributed by atoms with E-state index in [1.165, 1.54) is 69.5 Å². The van der Waals surface area contributed by atoms with Crippen LogP contribution in [0.4, 0.5) is 0 Å². The lowest BCUT2D eigenvalue weighted by atomic mass is 10.1. The molecule has 0 atom stereocenters. The summed E-state index contributed by atoms with van der Waals surface area (Å²) in [7, 11) is 0. The fourth-order valence-corrected chi connectivity index (χ4v) is 1.98. The van der Waals surface area contributed by atoms with Crippen molar-refractivity contribution in [2.45, 2.75) is 78.1 Å². The van der Waals surface area contributed by atoms with Gasteiger partial charge in [-0.1, -0.05) is 80.6 Å². The first-order valence-electron chi connectivity index (χ1n) is 7.00. The van der Waals surface area contributed by atoms with Crippen molar-refractivity contribution in [1.29, 1.82) is 0 Å². The molecule has 0 saturated carbocycles. The van der Waals surface area contributed by atoms with Gasteiger partial charge in [-0.25, -0.2) is 0 Å². The predicted molar refractivity (Wildman–Crippen MR) is 78.4 cm³/mol. The summed E-state index contributed by atoms with van der Waals surface area (Å²) in [6.07, 6.45) is 14.3. The van der Waals surface area contributed by atoms with E-state index in [1.807, 2.05) is 0 Å². The van der Waals surface area contributed by atoms with E-state index in [0.29, 0.717) is 0 Å². The van der Waals surface area contributed by atoms with E-state index in [0.717, 1.165) is 0 Å². The van der Waals surface area contributed by atoms with Gasteiger partial charge >= 0.3 is 0 Å².